The summed E-state index contributed by atoms with van der Waals surface area (Å²) in [4.78, 5) is 1.28. The molecule has 0 aromatic heterocycles. The molecule has 0 atom stereocenters. The van der Waals surface area contributed by atoms with Gasteiger partial charge in [0.1, 0.15) is 11.5 Å². The molecule has 6 N–H and O–H groups in total. The van der Waals surface area contributed by atoms with Crippen molar-refractivity contribution < 1.29 is 10.2 Å². The predicted molar refractivity (Wildman–Crippen MR) is 76.8 cm³/mol. The van der Waals surface area contributed by atoms with Gasteiger partial charge in [0.2, 0.25) is 0 Å². The second kappa shape index (κ2) is 5.32. The first-order valence-electron chi connectivity index (χ1n) is 5.08. The molecule has 94 valence electrons. The molecule has 2 aromatic carbocycles. The summed E-state index contributed by atoms with van der Waals surface area (Å²) in [5.74, 6) is 0.315. The Morgan fingerprint density at radius 3 is 1.50 bits per heavy atom. The minimum absolute atomic E-state index is 0.157. The Bertz CT molecular complexity index is 524. The summed E-state index contributed by atoms with van der Waals surface area (Å²) in [7, 11) is 2.62. The molecule has 0 amide bonds. The van der Waals surface area contributed by atoms with E-state index < -0.39 is 0 Å². The average Bonchev–Trinajstić information content (AvgIpc) is 2.34. The summed E-state index contributed by atoms with van der Waals surface area (Å²) >= 11 is 0. The van der Waals surface area contributed by atoms with Crippen molar-refractivity contribution in [3.63, 3.8) is 0 Å². The summed E-state index contributed by atoms with van der Waals surface area (Å²) in [6.45, 7) is 0. The van der Waals surface area contributed by atoms with Crippen molar-refractivity contribution in [1.29, 1.82) is 0 Å². The average molecular weight is 280 g/mol. The van der Waals surface area contributed by atoms with E-state index in [0.717, 1.165) is 0 Å². The quantitative estimate of drug-likeness (QED) is 0.392. The number of phenolic OH excluding ortho intramolecular Hbond substituents is 2. The lowest BCUT2D eigenvalue weighted by Crippen LogP contribution is -1.85. The van der Waals surface area contributed by atoms with Crippen LogP contribution in [-0.4, -0.2) is 10.2 Å². The van der Waals surface area contributed by atoms with Gasteiger partial charge in [-0.1, -0.05) is 0 Å². The summed E-state index contributed by atoms with van der Waals surface area (Å²) < 4.78 is 0. The number of hydrogen-bond acceptors (Lipinski definition) is 6. The molecule has 0 aliphatic heterocycles. The third kappa shape index (κ3) is 2.96. The summed E-state index contributed by atoms with van der Waals surface area (Å²) in [6.07, 6.45) is 0. The van der Waals surface area contributed by atoms with E-state index in [1.54, 1.807) is 24.3 Å². The number of aromatic hydroxyl groups is 2. The molecule has 0 fully saturated rings. The van der Waals surface area contributed by atoms with Gasteiger partial charge >= 0.3 is 0 Å². The third-order valence-corrected chi connectivity index (χ3v) is 4.61. The zero-order valence-electron chi connectivity index (χ0n) is 9.33. The van der Waals surface area contributed by atoms with E-state index in [1.807, 2.05) is 0 Å². The smallest absolute Gasteiger partial charge is 0.130 e. The predicted octanol–water partition coefficient (Wildman–Crippen LogP) is 3.06. The molecule has 2 rings (SSSR count). The Hall–Kier alpha value is -1.66. The Labute approximate surface area is 112 Å². The van der Waals surface area contributed by atoms with Gasteiger partial charge < -0.3 is 21.7 Å². The SMILES string of the molecule is Nc1ccc(O)c(SSc2cc(N)ccc2O)c1. The van der Waals surface area contributed by atoms with Gasteiger partial charge in [0, 0.05) is 11.4 Å². The number of anilines is 2. The molecule has 6 heteroatoms. The Morgan fingerprint density at radius 2 is 1.11 bits per heavy atom. The molecule has 2 aromatic rings. The molecular weight excluding hydrogens is 268 g/mol. The van der Waals surface area contributed by atoms with E-state index in [2.05, 4.69) is 0 Å². The number of nitrogen functional groups attached to an aromatic ring is 2. The molecule has 0 unspecified atom stereocenters. The fraction of sp³-hybridized carbons (Fsp3) is 0. The number of nitrogens with two attached hydrogens (primary N) is 2. The lowest BCUT2D eigenvalue weighted by atomic mass is 10.3. The van der Waals surface area contributed by atoms with Crippen molar-refractivity contribution in [3.8, 4) is 11.5 Å². The lowest BCUT2D eigenvalue weighted by Gasteiger charge is -2.06. The standard InChI is InChI=1S/C12H12N2O2S2/c13-7-1-3-9(15)11(5-7)17-18-12-6-8(14)2-4-10(12)16/h1-6,15-16H,13-14H2. The van der Waals surface area contributed by atoms with Crippen LogP contribution in [0.15, 0.2) is 46.2 Å². The number of benzene rings is 2. The first-order chi connectivity index (χ1) is 8.56. The molecule has 0 spiro atoms. The number of phenols is 2. The Balaban J connectivity index is 2.16. The Morgan fingerprint density at radius 1 is 0.722 bits per heavy atom. The molecule has 0 aliphatic carbocycles. The van der Waals surface area contributed by atoms with E-state index in [-0.39, 0.29) is 11.5 Å². The minimum Gasteiger partial charge on any atom is -0.507 e. The minimum atomic E-state index is 0.157. The van der Waals surface area contributed by atoms with Crippen LogP contribution in [0.4, 0.5) is 11.4 Å². The van der Waals surface area contributed by atoms with Crippen LogP contribution in [0.25, 0.3) is 0 Å². The molecule has 0 saturated carbocycles. The van der Waals surface area contributed by atoms with Gasteiger partial charge in [-0.15, -0.1) is 0 Å². The Kier molecular flexibility index (Phi) is 3.78. The number of rotatable bonds is 3. The first kappa shape index (κ1) is 12.8. The van der Waals surface area contributed by atoms with Crippen molar-refractivity contribution in [2.24, 2.45) is 0 Å². The highest BCUT2D eigenvalue weighted by Gasteiger charge is 2.07. The molecule has 0 saturated heterocycles. The highest BCUT2D eigenvalue weighted by atomic mass is 33.1. The second-order valence-corrected chi connectivity index (χ2v) is 5.83. The monoisotopic (exact) mass is 280 g/mol. The lowest BCUT2D eigenvalue weighted by molar-refractivity contribution is 0.462. The van der Waals surface area contributed by atoms with Crippen LogP contribution >= 0.6 is 21.6 Å². The van der Waals surface area contributed by atoms with Crippen LogP contribution in [-0.2, 0) is 0 Å². The van der Waals surface area contributed by atoms with E-state index in [0.29, 0.717) is 21.2 Å². The topological polar surface area (TPSA) is 92.5 Å². The first-order valence-corrected chi connectivity index (χ1v) is 7.23. The largest absolute Gasteiger partial charge is 0.507 e. The van der Waals surface area contributed by atoms with E-state index in [4.69, 9.17) is 11.5 Å². The van der Waals surface area contributed by atoms with Crippen LogP contribution in [0.3, 0.4) is 0 Å². The molecular formula is C12H12N2O2S2. The van der Waals surface area contributed by atoms with Gasteiger partial charge in [-0.2, -0.15) is 0 Å². The fourth-order valence-corrected chi connectivity index (χ4v) is 3.48. The molecule has 4 nitrogen and oxygen atoms in total. The van der Waals surface area contributed by atoms with Gasteiger partial charge in [0.05, 0.1) is 9.79 Å². The van der Waals surface area contributed by atoms with Gasteiger partial charge in [0.25, 0.3) is 0 Å². The second-order valence-electron chi connectivity index (χ2n) is 3.62. The summed E-state index contributed by atoms with van der Waals surface area (Å²) in [5.41, 5.74) is 12.4. The van der Waals surface area contributed by atoms with Crippen LogP contribution in [0.2, 0.25) is 0 Å². The molecule has 18 heavy (non-hydrogen) atoms. The normalized spacial score (nSPS) is 10.4. The van der Waals surface area contributed by atoms with E-state index in [9.17, 15) is 10.2 Å². The molecule has 0 radical (unpaired) electrons. The molecule has 0 aliphatic rings. The molecule has 0 heterocycles. The molecule has 0 bridgehead atoms. The van der Waals surface area contributed by atoms with Crippen molar-refractivity contribution in [2.75, 3.05) is 11.5 Å². The van der Waals surface area contributed by atoms with Crippen LogP contribution in [0, 0.1) is 0 Å². The summed E-state index contributed by atoms with van der Waals surface area (Å²) in [6, 6.07) is 9.69. The highest BCUT2D eigenvalue weighted by Crippen LogP contribution is 2.45. The van der Waals surface area contributed by atoms with Crippen molar-refractivity contribution in [2.45, 2.75) is 9.79 Å². The van der Waals surface area contributed by atoms with E-state index in [1.165, 1.54) is 33.7 Å². The van der Waals surface area contributed by atoms with Gasteiger partial charge in [-0.3, -0.25) is 0 Å². The van der Waals surface area contributed by atoms with E-state index >= 15 is 0 Å². The maximum Gasteiger partial charge on any atom is 0.130 e. The zero-order valence-corrected chi connectivity index (χ0v) is 11.0. The van der Waals surface area contributed by atoms with Crippen LogP contribution in [0.5, 0.6) is 11.5 Å². The van der Waals surface area contributed by atoms with Crippen LogP contribution in [0.1, 0.15) is 0 Å². The van der Waals surface area contributed by atoms with Crippen molar-refractivity contribution in [1.82, 2.24) is 0 Å². The maximum absolute atomic E-state index is 9.66. The van der Waals surface area contributed by atoms with Crippen molar-refractivity contribution >= 4 is 33.0 Å². The fourth-order valence-electron chi connectivity index (χ4n) is 1.28. The van der Waals surface area contributed by atoms with Gasteiger partial charge in [-0.25, -0.2) is 0 Å². The van der Waals surface area contributed by atoms with Crippen LogP contribution < -0.4 is 11.5 Å². The highest BCUT2D eigenvalue weighted by molar-refractivity contribution is 8.76. The third-order valence-electron chi connectivity index (χ3n) is 2.19. The summed E-state index contributed by atoms with van der Waals surface area (Å²) in [5, 5.41) is 19.3. The van der Waals surface area contributed by atoms with Crippen molar-refractivity contribution in [3.05, 3.63) is 36.4 Å². The number of hydrogen-bond donors (Lipinski definition) is 4. The zero-order chi connectivity index (χ0) is 13.1. The van der Waals surface area contributed by atoms with Gasteiger partial charge in [0.15, 0.2) is 0 Å². The maximum atomic E-state index is 9.66. The van der Waals surface area contributed by atoms with Gasteiger partial charge in [-0.05, 0) is 58.0 Å².